The third-order valence-corrected chi connectivity index (χ3v) is 2.72. The van der Waals surface area contributed by atoms with Gasteiger partial charge in [-0.1, -0.05) is 0 Å². The van der Waals surface area contributed by atoms with Crippen LogP contribution in [0.4, 0.5) is 0 Å². The van der Waals surface area contributed by atoms with Crippen LogP contribution in [0.5, 0.6) is 0 Å². The van der Waals surface area contributed by atoms with Gasteiger partial charge in [-0.2, -0.15) is 5.10 Å². The van der Waals surface area contributed by atoms with Crippen molar-refractivity contribution in [2.24, 2.45) is 7.05 Å². The predicted octanol–water partition coefficient (Wildman–Crippen LogP) is 1.87. The van der Waals surface area contributed by atoms with E-state index in [-0.39, 0.29) is 5.76 Å². The average molecular weight is 249 g/mol. The molecule has 0 radical (unpaired) electrons. The van der Waals surface area contributed by atoms with Crippen LogP contribution in [0, 0.1) is 13.8 Å². The number of aromatic nitrogens is 3. The Hall–Kier alpha value is -2.11. The van der Waals surface area contributed by atoms with Crippen LogP contribution in [0.2, 0.25) is 0 Å². The number of aryl methyl sites for hydroxylation is 2. The van der Waals surface area contributed by atoms with E-state index in [2.05, 4.69) is 10.1 Å². The van der Waals surface area contributed by atoms with E-state index in [0.717, 1.165) is 11.3 Å². The van der Waals surface area contributed by atoms with E-state index in [0.29, 0.717) is 18.2 Å². The van der Waals surface area contributed by atoms with Crippen molar-refractivity contribution in [3.63, 3.8) is 0 Å². The average Bonchev–Trinajstić information content (AvgIpc) is 2.85. The molecule has 0 atom stereocenters. The Labute approximate surface area is 105 Å². The lowest BCUT2D eigenvalue weighted by Crippen LogP contribution is -2.04. The maximum Gasteiger partial charge on any atom is 0.376 e. The standard InChI is InChI=1S/C12H15N3O3/c1-5-17-12(16)10-7(2)14-11(18-10)9-6-13-15(4)8(9)3/h6H,5H2,1-4H3. The first-order valence-electron chi connectivity index (χ1n) is 5.68. The second kappa shape index (κ2) is 4.64. The zero-order chi connectivity index (χ0) is 13.3. The van der Waals surface area contributed by atoms with E-state index in [1.165, 1.54) is 0 Å². The minimum Gasteiger partial charge on any atom is -0.460 e. The Morgan fingerprint density at radius 1 is 1.50 bits per heavy atom. The normalized spacial score (nSPS) is 10.7. The Morgan fingerprint density at radius 3 is 2.78 bits per heavy atom. The van der Waals surface area contributed by atoms with Gasteiger partial charge in [-0.05, 0) is 20.8 Å². The molecule has 96 valence electrons. The van der Waals surface area contributed by atoms with Crippen molar-refractivity contribution in [2.75, 3.05) is 6.61 Å². The molecule has 0 unspecified atom stereocenters. The smallest absolute Gasteiger partial charge is 0.376 e. The minimum absolute atomic E-state index is 0.148. The lowest BCUT2D eigenvalue weighted by atomic mass is 10.2. The van der Waals surface area contributed by atoms with E-state index in [1.807, 2.05) is 14.0 Å². The highest BCUT2D eigenvalue weighted by atomic mass is 16.5. The van der Waals surface area contributed by atoms with Gasteiger partial charge in [-0.25, -0.2) is 9.78 Å². The maximum absolute atomic E-state index is 11.6. The predicted molar refractivity (Wildman–Crippen MR) is 64.1 cm³/mol. The van der Waals surface area contributed by atoms with Gasteiger partial charge in [0.2, 0.25) is 11.7 Å². The first-order chi connectivity index (χ1) is 8.54. The Balaban J connectivity index is 2.40. The second-order valence-corrected chi connectivity index (χ2v) is 3.92. The van der Waals surface area contributed by atoms with Crippen LogP contribution in [0.1, 0.15) is 28.9 Å². The molecule has 0 saturated carbocycles. The van der Waals surface area contributed by atoms with Gasteiger partial charge in [0.15, 0.2) is 0 Å². The molecular formula is C12H15N3O3. The summed E-state index contributed by atoms with van der Waals surface area (Å²) in [6, 6.07) is 0. The molecule has 0 fully saturated rings. The van der Waals surface area contributed by atoms with Crippen LogP contribution in [0.15, 0.2) is 10.6 Å². The van der Waals surface area contributed by atoms with Crippen molar-refractivity contribution in [2.45, 2.75) is 20.8 Å². The molecule has 0 aliphatic carbocycles. The second-order valence-electron chi connectivity index (χ2n) is 3.92. The van der Waals surface area contributed by atoms with Gasteiger partial charge in [0.1, 0.15) is 0 Å². The molecule has 6 nitrogen and oxygen atoms in total. The van der Waals surface area contributed by atoms with Gasteiger partial charge in [0, 0.05) is 12.7 Å². The summed E-state index contributed by atoms with van der Waals surface area (Å²) in [5, 5.41) is 4.11. The fourth-order valence-corrected chi connectivity index (χ4v) is 1.61. The number of nitrogens with zero attached hydrogens (tertiary/aromatic N) is 3. The lowest BCUT2D eigenvalue weighted by molar-refractivity contribution is 0.0490. The topological polar surface area (TPSA) is 70.2 Å². The number of ether oxygens (including phenoxy) is 1. The zero-order valence-electron chi connectivity index (χ0n) is 10.9. The molecule has 6 heteroatoms. The van der Waals surface area contributed by atoms with Crippen molar-refractivity contribution >= 4 is 5.97 Å². The number of esters is 1. The summed E-state index contributed by atoms with van der Waals surface area (Å²) >= 11 is 0. The largest absolute Gasteiger partial charge is 0.460 e. The highest BCUT2D eigenvalue weighted by molar-refractivity contribution is 5.87. The molecule has 2 aromatic rings. The quantitative estimate of drug-likeness (QED) is 0.776. The Kier molecular flexibility index (Phi) is 3.18. The van der Waals surface area contributed by atoms with Gasteiger partial charge in [-0.3, -0.25) is 4.68 Å². The van der Waals surface area contributed by atoms with Crippen LogP contribution in [-0.4, -0.2) is 27.3 Å². The van der Waals surface area contributed by atoms with Gasteiger partial charge >= 0.3 is 5.97 Å². The van der Waals surface area contributed by atoms with E-state index >= 15 is 0 Å². The first kappa shape index (κ1) is 12.3. The van der Waals surface area contributed by atoms with E-state index in [1.54, 1.807) is 24.7 Å². The summed E-state index contributed by atoms with van der Waals surface area (Å²) in [5.41, 5.74) is 2.22. The summed E-state index contributed by atoms with van der Waals surface area (Å²) in [6.45, 7) is 5.67. The minimum atomic E-state index is -0.490. The monoisotopic (exact) mass is 249 g/mol. The third kappa shape index (κ3) is 2.01. The SMILES string of the molecule is CCOC(=O)c1oc(-c2cnn(C)c2C)nc1C. The first-order valence-corrected chi connectivity index (χ1v) is 5.68. The fraction of sp³-hybridized carbons (Fsp3) is 0.417. The number of carbonyl (C=O) groups is 1. The molecule has 2 heterocycles. The van der Waals surface area contributed by atoms with Gasteiger partial charge in [0.25, 0.3) is 0 Å². The van der Waals surface area contributed by atoms with Crippen LogP contribution in [0.3, 0.4) is 0 Å². The molecule has 2 aromatic heterocycles. The molecule has 18 heavy (non-hydrogen) atoms. The molecule has 0 N–H and O–H groups in total. The number of hydrogen-bond acceptors (Lipinski definition) is 5. The van der Waals surface area contributed by atoms with Crippen molar-refractivity contribution in [3.05, 3.63) is 23.3 Å². The number of rotatable bonds is 3. The molecule has 0 amide bonds. The zero-order valence-corrected chi connectivity index (χ0v) is 10.9. The fourth-order valence-electron chi connectivity index (χ4n) is 1.61. The van der Waals surface area contributed by atoms with Crippen molar-refractivity contribution in [3.8, 4) is 11.5 Å². The molecular weight excluding hydrogens is 234 g/mol. The van der Waals surface area contributed by atoms with Gasteiger partial charge in [0.05, 0.1) is 24.1 Å². The summed E-state index contributed by atoms with van der Waals surface area (Å²) in [4.78, 5) is 15.9. The van der Waals surface area contributed by atoms with Crippen LogP contribution < -0.4 is 0 Å². The van der Waals surface area contributed by atoms with E-state index in [9.17, 15) is 4.79 Å². The highest BCUT2D eigenvalue weighted by Gasteiger charge is 2.21. The molecule has 0 aromatic carbocycles. The summed E-state index contributed by atoms with van der Waals surface area (Å²) in [6.07, 6.45) is 1.66. The van der Waals surface area contributed by atoms with E-state index < -0.39 is 5.97 Å². The maximum atomic E-state index is 11.6. The molecule has 0 aliphatic heterocycles. The number of hydrogen-bond donors (Lipinski definition) is 0. The summed E-state index contributed by atoms with van der Waals surface area (Å²) < 4.78 is 12.1. The Bertz CT molecular complexity index is 583. The van der Waals surface area contributed by atoms with E-state index in [4.69, 9.17) is 9.15 Å². The molecule has 0 saturated heterocycles. The van der Waals surface area contributed by atoms with Gasteiger partial charge < -0.3 is 9.15 Å². The van der Waals surface area contributed by atoms with Gasteiger partial charge in [-0.15, -0.1) is 0 Å². The number of carbonyl (C=O) groups excluding carboxylic acids is 1. The van der Waals surface area contributed by atoms with Crippen molar-refractivity contribution in [1.29, 1.82) is 0 Å². The van der Waals surface area contributed by atoms with Crippen LogP contribution in [-0.2, 0) is 11.8 Å². The molecule has 2 rings (SSSR count). The highest BCUT2D eigenvalue weighted by Crippen LogP contribution is 2.24. The van der Waals surface area contributed by atoms with Crippen molar-refractivity contribution in [1.82, 2.24) is 14.8 Å². The molecule has 0 spiro atoms. The van der Waals surface area contributed by atoms with Crippen molar-refractivity contribution < 1.29 is 13.9 Å². The Morgan fingerprint density at radius 2 is 2.22 bits per heavy atom. The summed E-state index contributed by atoms with van der Waals surface area (Å²) in [5.74, 6) is 0.0477. The molecule has 0 aliphatic rings. The lowest BCUT2D eigenvalue weighted by Gasteiger charge is -1.97. The van der Waals surface area contributed by atoms with Crippen LogP contribution in [0.25, 0.3) is 11.5 Å². The molecule has 0 bridgehead atoms. The third-order valence-electron chi connectivity index (χ3n) is 2.72. The number of oxazole rings is 1. The van der Waals surface area contributed by atoms with Crippen LogP contribution >= 0.6 is 0 Å². The summed E-state index contributed by atoms with van der Waals surface area (Å²) in [7, 11) is 1.83.